The highest BCUT2D eigenvalue weighted by Gasteiger charge is 2.50. The minimum Gasteiger partial charge on any atom is -0.493 e. The largest absolute Gasteiger partial charge is 0.493 e. The van der Waals surface area contributed by atoms with E-state index in [4.69, 9.17) is 28.8 Å². The molecule has 2 aromatic rings. The molecule has 3 N–H and O–H groups in total. The summed E-state index contributed by atoms with van der Waals surface area (Å²) in [7, 11) is 8.68. The van der Waals surface area contributed by atoms with Gasteiger partial charge in [0.2, 0.25) is 0 Å². The number of hydrogen-bond donors (Lipinski definition) is 3. The Morgan fingerprint density at radius 3 is 2.05 bits per heavy atom. The van der Waals surface area contributed by atoms with Crippen molar-refractivity contribution in [3.63, 3.8) is 0 Å². The molecule has 2 aromatic carbocycles. The van der Waals surface area contributed by atoms with E-state index in [1.54, 1.807) is 46.6 Å². The van der Waals surface area contributed by atoms with Gasteiger partial charge >= 0.3 is 18.2 Å². The lowest BCUT2D eigenvalue weighted by molar-refractivity contribution is -0.192. The number of halogens is 3. The smallest absolute Gasteiger partial charge is 0.490 e. The number of fused-ring (bicyclic) bond motifs is 1. The standard InChI is InChI=1S/C26H35N3O5.C2HF3O2/c1-29-13-12-26(17-6-8-20(31-2)22(14-17)33-4)11-10-19(16-24(26)29)28-25(30)27-18-7-9-21(32-3)23(15-18)34-5;3-2(4,5)1(6)7/h6-9,14-15,19,24H,10-13,16H2,1-5H3,(H2,27,28,30);(H,6,7). The summed E-state index contributed by atoms with van der Waals surface area (Å²) < 4.78 is 53.4. The third-order valence-corrected chi connectivity index (χ3v) is 7.70. The molecule has 10 nitrogen and oxygen atoms in total. The number of carboxylic acids is 1. The molecule has 1 aliphatic carbocycles. The number of carbonyl (C=O) groups is 2. The Bertz CT molecular complexity index is 1230. The van der Waals surface area contributed by atoms with E-state index in [1.165, 1.54) is 5.56 Å². The first kappa shape index (κ1) is 31.7. The second-order valence-electron chi connectivity index (χ2n) is 9.91. The number of hydrogen-bond acceptors (Lipinski definition) is 7. The predicted octanol–water partition coefficient (Wildman–Crippen LogP) is 4.67. The zero-order valence-corrected chi connectivity index (χ0v) is 23.6. The molecule has 3 atom stereocenters. The van der Waals surface area contributed by atoms with Crippen LogP contribution >= 0.6 is 0 Å². The summed E-state index contributed by atoms with van der Waals surface area (Å²) in [4.78, 5) is 24.1. The summed E-state index contributed by atoms with van der Waals surface area (Å²) in [6.45, 7) is 1.03. The number of anilines is 1. The van der Waals surface area contributed by atoms with E-state index in [1.807, 2.05) is 6.07 Å². The number of ether oxygens (including phenoxy) is 4. The summed E-state index contributed by atoms with van der Waals surface area (Å²) in [5.41, 5.74) is 1.99. The number of benzene rings is 2. The molecule has 1 heterocycles. The van der Waals surface area contributed by atoms with Gasteiger partial charge in [-0.3, -0.25) is 0 Å². The molecule has 1 aliphatic heterocycles. The summed E-state index contributed by atoms with van der Waals surface area (Å²) in [6, 6.07) is 11.9. The highest BCUT2D eigenvalue weighted by Crippen LogP contribution is 2.49. The van der Waals surface area contributed by atoms with Gasteiger partial charge in [0.05, 0.1) is 28.4 Å². The molecule has 2 amide bonds. The van der Waals surface area contributed by atoms with Gasteiger partial charge in [0.1, 0.15) is 0 Å². The highest BCUT2D eigenvalue weighted by molar-refractivity contribution is 5.89. The van der Waals surface area contributed by atoms with Crippen LogP contribution in [0.25, 0.3) is 0 Å². The number of likely N-dealkylation sites (N-methyl/N-ethyl adjacent to an activating group) is 1. The lowest BCUT2D eigenvalue weighted by Crippen LogP contribution is -2.52. The molecule has 0 bridgehead atoms. The van der Waals surface area contributed by atoms with Crippen molar-refractivity contribution in [3.8, 4) is 23.0 Å². The Balaban J connectivity index is 0.000000587. The topological polar surface area (TPSA) is 119 Å². The third-order valence-electron chi connectivity index (χ3n) is 7.70. The van der Waals surface area contributed by atoms with Crippen molar-refractivity contribution in [2.24, 2.45) is 0 Å². The van der Waals surface area contributed by atoms with Gasteiger partial charge in [-0.05, 0) is 69.1 Å². The molecule has 3 unspecified atom stereocenters. The van der Waals surface area contributed by atoms with Crippen molar-refractivity contribution < 1.29 is 46.8 Å². The van der Waals surface area contributed by atoms with E-state index in [2.05, 4.69) is 34.7 Å². The van der Waals surface area contributed by atoms with Gasteiger partial charge in [0, 0.05) is 29.3 Å². The maximum atomic E-state index is 12.8. The Morgan fingerprint density at radius 1 is 0.927 bits per heavy atom. The number of aliphatic carboxylic acids is 1. The molecule has 13 heteroatoms. The zero-order chi connectivity index (χ0) is 30.4. The highest BCUT2D eigenvalue weighted by atomic mass is 19.4. The number of rotatable bonds is 7. The molecular weight excluding hydrogens is 547 g/mol. The Kier molecular flexibility index (Phi) is 10.2. The number of methoxy groups -OCH3 is 4. The monoisotopic (exact) mass is 583 g/mol. The fourth-order valence-electron chi connectivity index (χ4n) is 5.66. The normalized spacial score (nSPS) is 22.0. The van der Waals surface area contributed by atoms with E-state index in [0.29, 0.717) is 23.2 Å². The molecule has 41 heavy (non-hydrogen) atoms. The average Bonchev–Trinajstić information content (AvgIpc) is 3.28. The van der Waals surface area contributed by atoms with Crippen molar-refractivity contribution in [1.29, 1.82) is 0 Å². The van der Waals surface area contributed by atoms with Crippen LogP contribution in [0.1, 0.15) is 31.2 Å². The molecule has 226 valence electrons. The molecule has 2 aliphatic rings. The van der Waals surface area contributed by atoms with Gasteiger partial charge in [-0.1, -0.05) is 6.07 Å². The first-order valence-corrected chi connectivity index (χ1v) is 12.9. The van der Waals surface area contributed by atoms with Crippen LogP contribution < -0.4 is 29.6 Å². The number of nitrogens with one attached hydrogen (secondary N) is 2. The first-order chi connectivity index (χ1) is 19.4. The number of carbonyl (C=O) groups excluding carboxylic acids is 1. The minimum absolute atomic E-state index is 0.0479. The molecule has 0 aromatic heterocycles. The van der Waals surface area contributed by atoms with Crippen molar-refractivity contribution in [1.82, 2.24) is 10.2 Å². The lowest BCUT2D eigenvalue weighted by Gasteiger charge is -2.45. The first-order valence-electron chi connectivity index (χ1n) is 12.9. The quantitative estimate of drug-likeness (QED) is 0.431. The number of urea groups is 1. The fourth-order valence-corrected chi connectivity index (χ4v) is 5.66. The van der Waals surface area contributed by atoms with Gasteiger partial charge in [0.15, 0.2) is 23.0 Å². The van der Waals surface area contributed by atoms with Crippen molar-refractivity contribution in [2.45, 2.75) is 49.4 Å². The van der Waals surface area contributed by atoms with Crippen LogP contribution in [0.15, 0.2) is 36.4 Å². The maximum Gasteiger partial charge on any atom is 0.490 e. The summed E-state index contributed by atoms with van der Waals surface area (Å²) in [6.07, 6.45) is -1.19. The maximum absolute atomic E-state index is 12.8. The van der Waals surface area contributed by atoms with Gasteiger partial charge < -0.3 is 39.6 Å². The van der Waals surface area contributed by atoms with Crippen LogP contribution in [0.3, 0.4) is 0 Å². The number of amides is 2. The lowest BCUT2D eigenvalue weighted by atomic mass is 9.65. The van der Waals surface area contributed by atoms with Gasteiger partial charge in [-0.25, -0.2) is 9.59 Å². The SMILES string of the molecule is COc1ccc(NC(=O)NC2CCC3(c4ccc(OC)c(OC)c4)CCN(C)C3C2)cc1OC.O=C(O)C(F)(F)F. The Hall–Kier alpha value is -3.87. The number of nitrogens with zero attached hydrogens (tertiary/aromatic N) is 1. The van der Waals surface area contributed by atoms with Crippen LogP contribution in [0.5, 0.6) is 23.0 Å². The second kappa shape index (κ2) is 13.2. The number of alkyl halides is 3. The molecule has 1 saturated carbocycles. The summed E-state index contributed by atoms with van der Waals surface area (Å²) in [5.74, 6) is -0.0563. The molecule has 2 fully saturated rings. The van der Waals surface area contributed by atoms with Crippen molar-refractivity contribution in [2.75, 3.05) is 47.3 Å². The van der Waals surface area contributed by atoms with Crippen LogP contribution in [-0.4, -0.2) is 82.3 Å². The molecule has 1 saturated heterocycles. The molecule has 4 rings (SSSR count). The minimum atomic E-state index is -5.08. The van der Waals surface area contributed by atoms with E-state index < -0.39 is 12.1 Å². The van der Waals surface area contributed by atoms with E-state index in [0.717, 1.165) is 43.7 Å². The van der Waals surface area contributed by atoms with Crippen LogP contribution in [0.4, 0.5) is 23.7 Å². The van der Waals surface area contributed by atoms with Crippen molar-refractivity contribution in [3.05, 3.63) is 42.0 Å². The van der Waals surface area contributed by atoms with E-state index in [-0.39, 0.29) is 17.5 Å². The zero-order valence-electron chi connectivity index (χ0n) is 23.6. The van der Waals surface area contributed by atoms with E-state index >= 15 is 0 Å². The Morgan fingerprint density at radius 2 is 1.49 bits per heavy atom. The van der Waals surface area contributed by atoms with Gasteiger partial charge in [-0.15, -0.1) is 0 Å². The fraction of sp³-hybridized carbons (Fsp3) is 0.500. The van der Waals surface area contributed by atoms with Gasteiger partial charge in [-0.2, -0.15) is 13.2 Å². The van der Waals surface area contributed by atoms with Crippen LogP contribution in [0.2, 0.25) is 0 Å². The molecular formula is C28H36F3N3O7. The predicted molar refractivity (Wildman–Crippen MR) is 145 cm³/mol. The van der Waals surface area contributed by atoms with Crippen LogP contribution in [-0.2, 0) is 10.2 Å². The number of likely N-dealkylation sites (tertiary alicyclic amines) is 1. The third kappa shape index (κ3) is 7.26. The number of carboxylic acid groups (broad SMARTS) is 1. The average molecular weight is 584 g/mol. The van der Waals surface area contributed by atoms with E-state index in [9.17, 15) is 18.0 Å². The molecule has 0 radical (unpaired) electrons. The summed E-state index contributed by atoms with van der Waals surface area (Å²) in [5, 5.41) is 13.2. The molecule has 0 spiro atoms. The Labute approximate surface area is 236 Å². The van der Waals surface area contributed by atoms with Crippen molar-refractivity contribution >= 4 is 17.7 Å². The van der Waals surface area contributed by atoms with Crippen LogP contribution in [0, 0.1) is 0 Å². The van der Waals surface area contributed by atoms with Gasteiger partial charge in [0.25, 0.3) is 0 Å². The summed E-state index contributed by atoms with van der Waals surface area (Å²) >= 11 is 0. The second-order valence-corrected chi connectivity index (χ2v) is 9.91.